The Labute approximate surface area is 110 Å². The first-order valence-corrected chi connectivity index (χ1v) is 6.34. The van der Waals surface area contributed by atoms with E-state index < -0.39 is 0 Å². The smallest absolute Gasteiger partial charge is 0.168 e. The van der Waals surface area contributed by atoms with Gasteiger partial charge in [0.15, 0.2) is 17.3 Å². The molecule has 1 aliphatic heterocycles. The van der Waals surface area contributed by atoms with Gasteiger partial charge in [-0.3, -0.25) is 0 Å². The summed E-state index contributed by atoms with van der Waals surface area (Å²) >= 11 is 0. The molecule has 6 nitrogen and oxygen atoms in total. The fraction of sp³-hybridized carbons (Fsp3) is 0.385. The fourth-order valence-electron chi connectivity index (χ4n) is 2.50. The zero-order chi connectivity index (χ0) is 13.4. The Bertz CT molecular complexity index is 609. The number of para-hydroxylation sites is 1. The highest BCUT2D eigenvalue weighted by Gasteiger charge is 2.24. The first-order valence-electron chi connectivity index (χ1n) is 6.34. The molecule has 2 aromatic rings. The Morgan fingerprint density at radius 2 is 2.16 bits per heavy atom. The largest absolute Gasteiger partial charge is 0.504 e. The van der Waals surface area contributed by atoms with Crippen molar-refractivity contribution >= 4 is 0 Å². The highest BCUT2D eigenvalue weighted by Crippen LogP contribution is 2.36. The van der Waals surface area contributed by atoms with E-state index in [0.29, 0.717) is 23.9 Å². The number of hydrogen-bond acceptors (Lipinski definition) is 5. The second kappa shape index (κ2) is 4.55. The predicted molar refractivity (Wildman–Crippen MR) is 69.7 cm³/mol. The number of hydrogen-bond donors (Lipinski definition) is 3. The van der Waals surface area contributed by atoms with Crippen LogP contribution in [0.1, 0.15) is 12.2 Å². The molecule has 2 heterocycles. The number of aromatic hydroxyl groups is 2. The van der Waals surface area contributed by atoms with Crippen molar-refractivity contribution in [2.75, 3.05) is 6.54 Å². The Morgan fingerprint density at radius 3 is 2.95 bits per heavy atom. The SMILES string of the molecule is NCC1CCc2nnc(-c3cccc(O)c3O)n2C1. The highest BCUT2D eigenvalue weighted by molar-refractivity contribution is 5.68. The number of rotatable bonds is 2. The topological polar surface area (TPSA) is 97.2 Å². The minimum atomic E-state index is -0.160. The number of phenols is 2. The molecule has 0 saturated carbocycles. The summed E-state index contributed by atoms with van der Waals surface area (Å²) < 4.78 is 1.98. The lowest BCUT2D eigenvalue weighted by molar-refractivity contribution is 0.374. The van der Waals surface area contributed by atoms with E-state index in [9.17, 15) is 10.2 Å². The van der Waals surface area contributed by atoms with Gasteiger partial charge in [0, 0.05) is 13.0 Å². The number of benzene rings is 1. The molecule has 0 spiro atoms. The first-order chi connectivity index (χ1) is 9.20. The lowest BCUT2D eigenvalue weighted by Crippen LogP contribution is -2.26. The zero-order valence-corrected chi connectivity index (χ0v) is 10.5. The first kappa shape index (κ1) is 12.0. The quantitative estimate of drug-likeness (QED) is 0.696. The van der Waals surface area contributed by atoms with Gasteiger partial charge in [-0.2, -0.15) is 0 Å². The van der Waals surface area contributed by atoms with Crippen molar-refractivity contribution in [2.24, 2.45) is 11.7 Å². The van der Waals surface area contributed by atoms with Crippen LogP contribution in [0.3, 0.4) is 0 Å². The molecular formula is C13H16N4O2. The van der Waals surface area contributed by atoms with E-state index in [4.69, 9.17) is 5.73 Å². The zero-order valence-electron chi connectivity index (χ0n) is 10.5. The summed E-state index contributed by atoms with van der Waals surface area (Å²) in [6.45, 7) is 1.38. The Kier molecular flexibility index (Phi) is 2.87. The molecule has 0 fully saturated rings. The van der Waals surface area contributed by atoms with Crippen LogP contribution < -0.4 is 5.73 Å². The molecule has 1 atom stereocenters. The van der Waals surface area contributed by atoms with E-state index >= 15 is 0 Å². The normalized spacial score (nSPS) is 18.3. The third kappa shape index (κ3) is 1.94. The van der Waals surface area contributed by atoms with Crippen molar-refractivity contribution in [1.29, 1.82) is 0 Å². The van der Waals surface area contributed by atoms with Crippen molar-refractivity contribution in [3.63, 3.8) is 0 Å². The average Bonchev–Trinajstić information content (AvgIpc) is 2.84. The van der Waals surface area contributed by atoms with Crippen LogP contribution in [0.4, 0.5) is 0 Å². The lowest BCUT2D eigenvalue weighted by atomic mass is 9.99. The van der Waals surface area contributed by atoms with Gasteiger partial charge in [0.25, 0.3) is 0 Å². The number of aryl methyl sites for hydroxylation is 1. The van der Waals surface area contributed by atoms with Gasteiger partial charge in [0.05, 0.1) is 5.56 Å². The minimum Gasteiger partial charge on any atom is -0.504 e. The Balaban J connectivity index is 2.07. The summed E-state index contributed by atoms with van der Waals surface area (Å²) in [5.41, 5.74) is 6.23. The van der Waals surface area contributed by atoms with Crippen molar-refractivity contribution in [3.8, 4) is 22.9 Å². The number of nitrogens with two attached hydrogens (primary N) is 1. The summed E-state index contributed by atoms with van der Waals surface area (Å²) in [6, 6.07) is 4.84. The maximum Gasteiger partial charge on any atom is 0.168 e. The third-order valence-corrected chi connectivity index (χ3v) is 3.63. The molecular weight excluding hydrogens is 244 g/mol. The fourth-order valence-corrected chi connectivity index (χ4v) is 2.50. The van der Waals surface area contributed by atoms with Crippen LogP contribution in [-0.2, 0) is 13.0 Å². The Morgan fingerprint density at radius 1 is 1.32 bits per heavy atom. The molecule has 6 heteroatoms. The average molecular weight is 260 g/mol. The van der Waals surface area contributed by atoms with Crippen LogP contribution in [0.15, 0.2) is 18.2 Å². The lowest BCUT2D eigenvalue weighted by Gasteiger charge is -2.23. The molecule has 4 N–H and O–H groups in total. The highest BCUT2D eigenvalue weighted by atomic mass is 16.3. The van der Waals surface area contributed by atoms with Gasteiger partial charge >= 0.3 is 0 Å². The van der Waals surface area contributed by atoms with Crippen LogP contribution >= 0.6 is 0 Å². The van der Waals surface area contributed by atoms with E-state index in [1.807, 2.05) is 4.57 Å². The van der Waals surface area contributed by atoms with Gasteiger partial charge in [-0.1, -0.05) is 6.07 Å². The molecule has 1 unspecified atom stereocenters. The summed E-state index contributed by atoms with van der Waals surface area (Å²) in [6.07, 6.45) is 1.86. The van der Waals surface area contributed by atoms with Gasteiger partial charge in [-0.25, -0.2) is 0 Å². The van der Waals surface area contributed by atoms with E-state index in [1.54, 1.807) is 12.1 Å². The van der Waals surface area contributed by atoms with Crippen molar-refractivity contribution in [1.82, 2.24) is 14.8 Å². The summed E-state index contributed by atoms with van der Waals surface area (Å²) in [4.78, 5) is 0. The van der Waals surface area contributed by atoms with Gasteiger partial charge in [-0.05, 0) is 31.0 Å². The summed E-state index contributed by atoms with van der Waals surface area (Å²) in [7, 11) is 0. The van der Waals surface area contributed by atoms with Crippen molar-refractivity contribution in [2.45, 2.75) is 19.4 Å². The molecule has 1 aromatic carbocycles. The molecule has 0 bridgehead atoms. The van der Waals surface area contributed by atoms with E-state index in [-0.39, 0.29) is 11.5 Å². The van der Waals surface area contributed by atoms with Crippen LogP contribution in [0.5, 0.6) is 11.5 Å². The number of aromatic nitrogens is 3. The molecule has 0 amide bonds. The van der Waals surface area contributed by atoms with Gasteiger partial charge < -0.3 is 20.5 Å². The van der Waals surface area contributed by atoms with Gasteiger partial charge in [-0.15, -0.1) is 10.2 Å². The number of fused-ring (bicyclic) bond motifs is 1. The van der Waals surface area contributed by atoms with Crippen LogP contribution in [0.2, 0.25) is 0 Å². The maximum atomic E-state index is 9.94. The number of nitrogens with zero attached hydrogens (tertiary/aromatic N) is 3. The van der Waals surface area contributed by atoms with Gasteiger partial charge in [0.2, 0.25) is 0 Å². The molecule has 3 rings (SSSR count). The maximum absolute atomic E-state index is 9.94. The van der Waals surface area contributed by atoms with E-state index in [0.717, 1.165) is 25.2 Å². The summed E-state index contributed by atoms with van der Waals surface area (Å²) in [5.74, 6) is 1.58. The van der Waals surface area contributed by atoms with E-state index in [2.05, 4.69) is 10.2 Å². The molecule has 19 heavy (non-hydrogen) atoms. The Hall–Kier alpha value is -2.08. The molecule has 0 radical (unpaired) electrons. The van der Waals surface area contributed by atoms with Crippen molar-refractivity contribution in [3.05, 3.63) is 24.0 Å². The second-order valence-corrected chi connectivity index (χ2v) is 4.86. The minimum absolute atomic E-state index is 0.152. The van der Waals surface area contributed by atoms with Crippen molar-refractivity contribution < 1.29 is 10.2 Å². The van der Waals surface area contributed by atoms with Crippen LogP contribution in [0, 0.1) is 5.92 Å². The second-order valence-electron chi connectivity index (χ2n) is 4.86. The molecule has 0 aliphatic carbocycles. The third-order valence-electron chi connectivity index (χ3n) is 3.63. The molecule has 100 valence electrons. The van der Waals surface area contributed by atoms with Gasteiger partial charge in [0.1, 0.15) is 5.82 Å². The monoisotopic (exact) mass is 260 g/mol. The predicted octanol–water partition coefficient (Wildman–Crippen LogP) is 0.877. The van der Waals surface area contributed by atoms with E-state index in [1.165, 1.54) is 6.07 Å². The van der Waals surface area contributed by atoms with Crippen LogP contribution in [0.25, 0.3) is 11.4 Å². The number of phenolic OH excluding ortho intramolecular Hbond substituents is 2. The molecule has 0 saturated heterocycles. The molecule has 1 aliphatic rings. The molecule has 1 aromatic heterocycles. The summed E-state index contributed by atoms with van der Waals surface area (Å²) in [5, 5.41) is 27.8. The van der Waals surface area contributed by atoms with Crippen LogP contribution in [-0.4, -0.2) is 31.5 Å². The standard InChI is InChI=1S/C13H16N4O2/c14-6-8-4-5-11-15-16-13(17(11)7-8)9-2-1-3-10(18)12(9)19/h1-3,8,18-19H,4-7,14H2.